The third-order valence-corrected chi connectivity index (χ3v) is 8.58. The van der Waals surface area contributed by atoms with Crippen LogP contribution in [-0.4, -0.2) is 48.1 Å². The molecule has 0 amide bonds. The lowest BCUT2D eigenvalue weighted by Gasteiger charge is -2.42. The van der Waals surface area contributed by atoms with Gasteiger partial charge in [0.15, 0.2) is 0 Å². The van der Waals surface area contributed by atoms with Crippen molar-refractivity contribution in [2.45, 2.75) is 155 Å². The van der Waals surface area contributed by atoms with E-state index < -0.39 is 0 Å². The van der Waals surface area contributed by atoms with Gasteiger partial charge in [0.2, 0.25) is 0 Å². The summed E-state index contributed by atoms with van der Waals surface area (Å²) >= 11 is 0. The first-order valence-corrected chi connectivity index (χ1v) is 15.2. The Morgan fingerprint density at radius 3 is 1.72 bits per heavy atom. The van der Waals surface area contributed by atoms with Crippen molar-refractivity contribution >= 4 is 0 Å². The number of rotatable bonds is 20. The second kappa shape index (κ2) is 17.4. The predicted octanol–water partition coefficient (Wildman–Crippen LogP) is 8.69. The van der Waals surface area contributed by atoms with Crippen molar-refractivity contribution in [1.29, 1.82) is 0 Å². The Morgan fingerprint density at radius 1 is 0.625 bits per heavy atom. The van der Waals surface area contributed by atoms with Crippen molar-refractivity contribution in [1.82, 2.24) is 9.80 Å². The quantitative estimate of drug-likeness (QED) is 0.172. The molecule has 2 nitrogen and oxygen atoms in total. The van der Waals surface area contributed by atoms with Crippen LogP contribution in [0.25, 0.3) is 0 Å². The van der Waals surface area contributed by atoms with Gasteiger partial charge in [0.1, 0.15) is 0 Å². The van der Waals surface area contributed by atoms with E-state index in [1.165, 1.54) is 142 Å². The molecule has 0 aromatic heterocycles. The summed E-state index contributed by atoms with van der Waals surface area (Å²) < 4.78 is 0. The lowest BCUT2D eigenvalue weighted by atomic mass is 9.93. The number of likely N-dealkylation sites (tertiary alicyclic amines) is 1. The van der Waals surface area contributed by atoms with Gasteiger partial charge in [-0.1, -0.05) is 111 Å². The molecular formula is C30H60N2. The minimum absolute atomic E-state index is 0.867. The van der Waals surface area contributed by atoms with Gasteiger partial charge in [-0.05, 0) is 50.5 Å². The van der Waals surface area contributed by atoms with Crippen LogP contribution in [0, 0.1) is 11.8 Å². The molecule has 32 heavy (non-hydrogen) atoms. The fraction of sp³-hybridized carbons (Fsp3) is 1.00. The Balaban J connectivity index is 1.71. The van der Waals surface area contributed by atoms with Crippen LogP contribution in [0.2, 0.25) is 0 Å². The van der Waals surface area contributed by atoms with E-state index >= 15 is 0 Å². The standard InChI is InChI=1S/C30H60N2/c1-5-8-11-13-19-28(20-14-12-9-6-2)24-32-29-21-22-30(32)26-31(25-29)23-16-15-18-27(4)17-10-7-3/h27-30H,5-26H2,1-4H3/t27?,29-,30+. The van der Waals surface area contributed by atoms with E-state index in [0.29, 0.717) is 0 Å². The number of piperazine rings is 1. The monoisotopic (exact) mass is 448 g/mol. The molecule has 0 N–H and O–H groups in total. The van der Waals surface area contributed by atoms with Crippen LogP contribution in [0.4, 0.5) is 0 Å². The maximum atomic E-state index is 2.99. The van der Waals surface area contributed by atoms with Gasteiger partial charge < -0.3 is 4.90 Å². The maximum absolute atomic E-state index is 2.99. The van der Waals surface area contributed by atoms with Crippen LogP contribution in [0.5, 0.6) is 0 Å². The highest BCUT2D eigenvalue weighted by molar-refractivity contribution is 4.96. The van der Waals surface area contributed by atoms with E-state index in [2.05, 4.69) is 37.5 Å². The fourth-order valence-corrected chi connectivity index (χ4v) is 6.43. The number of hydrogen-bond donors (Lipinski definition) is 0. The maximum Gasteiger partial charge on any atom is 0.0227 e. The number of unbranched alkanes of at least 4 members (excludes halogenated alkanes) is 8. The Hall–Kier alpha value is -0.0800. The van der Waals surface area contributed by atoms with E-state index in [1.807, 2.05) is 0 Å². The van der Waals surface area contributed by atoms with E-state index in [0.717, 1.165) is 23.9 Å². The zero-order valence-electron chi connectivity index (χ0n) is 22.8. The zero-order valence-corrected chi connectivity index (χ0v) is 22.8. The van der Waals surface area contributed by atoms with E-state index in [-0.39, 0.29) is 0 Å². The van der Waals surface area contributed by atoms with E-state index in [1.54, 1.807) is 0 Å². The van der Waals surface area contributed by atoms with Gasteiger partial charge in [-0.25, -0.2) is 0 Å². The molecule has 0 spiro atoms. The highest BCUT2D eigenvalue weighted by Crippen LogP contribution is 2.33. The normalized spacial score (nSPS) is 22.8. The first-order valence-electron chi connectivity index (χ1n) is 15.2. The van der Waals surface area contributed by atoms with Crippen molar-refractivity contribution in [3.63, 3.8) is 0 Å². The molecule has 2 rings (SSSR count). The number of nitrogens with zero attached hydrogens (tertiary/aromatic N) is 2. The number of hydrogen-bond acceptors (Lipinski definition) is 2. The topological polar surface area (TPSA) is 6.48 Å². The highest BCUT2D eigenvalue weighted by Gasteiger charge is 2.40. The van der Waals surface area contributed by atoms with Crippen LogP contribution < -0.4 is 0 Å². The molecule has 0 saturated carbocycles. The van der Waals surface area contributed by atoms with Crippen molar-refractivity contribution in [3.05, 3.63) is 0 Å². The largest absolute Gasteiger partial charge is 0.300 e. The SMILES string of the molecule is CCCCCCC(CCCCCC)CN1[C@@H]2CC[C@H]1CN(CCCCC(C)CCCC)C2. The Morgan fingerprint density at radius 2 is 1.16 bits per heavy atom. The molecule has 190 valence electrons. The Bertz CT molecular complexity index is 411. The first-order chi connectivity index (χ1) is 15.7. The summed E-state index contributed by atoms with van der Waals surface area (Å²) in [6, 6.07) is 1.73. The van der Waals surface area contributed by atoms with Gasteiger partial charge >= 0.3 is 0 Å². The van der Waals surface area contributed by atoms with Crippen LogP contribution in [0.15, 0.2) is 0 Å². The predicted molar refractivity (Wildman–Crippen MR) is 144 cm³/mol. The minimum atomic E-state index is 0.867. The zero-order chi connectivity index (χ0) is 23.0. The molecule has 2 aliphatic heterocycles. The average molecular weight is 449 g/mol. The molecular weight excluding hydrogens is 388 g/mol. The smallest absolute Gasteiger partial charge is 0.0227 e. The van der Waals surface area contributed by atoms with Crippen molar-refractivity contribution in [2.75, 3.05) is 26.2 Å². The summed E-state index contributed by atoms with van der Waals surface area (Å²) in [7, 11) is 0. The van der Waals surface area contributed by atoms with Crippen LogP contribution >= 0.6 is 0 Å². The third kappa shape index (κ3) is 10.9. The van der Waals surface area contributed by atoms with Crippen LogP contribution in [0.3, 0.4) is 0 Å². The second-order valence-corrected chi connectivity index (χ2v) is 11.6. The molecule has 0 radical (unpaired) electrons. The summed E-state index contributed by atoms with van der Waals surface area (Å²) in [4.78, 5) is 5.83. The molecule has 0 aliphatic carbocycles. The minimum Gasteiger partial charge on any atom is -0.300 e. The molecule has 3 atom stereocenters. The second-order valence-electron chi connectivity index (χ2n) is 11.6. The molecule has 2 aliphatic rings. The molecule has 1 unspecified atom stereocenters. The Labute approximate surface area is 203 Å². The summed E-state index contributed by atoms with van der Waals surface area (Å²) in [6.45, 7) is 15.0. The third-order valence-electron chi connectivity index (χ3n) is 8.58. The van der Waals surface area contributed by atoms with Crippen molar-refractivity contribution < 1.29 is 0 Å². The van der Waals surface area contributed by atoms with Crippen LogP contribution in [0.1, 0.15) is 143 Å². The van der Waals surface area contributed by atoms with E-state index in [4.69, 9.17) is 0 Å². The average Bonchev–Trinajstić information content (AvgIpc) is 3.02. The summed E-state index contributed by atoms with van der Waals surface area (Å²) in [6.07, 6.45) is 25.9. The van der Waals surface area contributed by atoms with Gasteiger partial charge in [-0.15, -0.1) is 0 Å². The molecule has 0 aromatic rings. The van der Waals surface area contributed by atoms with Crippen molar-refractivity contribution in [2.24, 2.45) is 11.8 Å². The lowest BCUT2D eigenvalue weighted by molar-refractivity contribution is 0.0502. The summed E-state index contributed by atoms with van der Waals surface area (Å²) in [5.41, 5.74) is 0. The van der Waals surface area contributed by atoms with Gasteiger partial charge in [0.05, 0.1) is 0 Å². The highest BCUT2D eigenvalue weighted by atomic mass is 15.3. The van der Waals surface area contributed by atoms with Gasteiger partial charge in [0.25, 0.3) is 0 Å². The van der Waals surface area contributed by atoms with Gasteiger partial charge in [-0.3, -0.25) is 4.90 Å². The lowest BCUT2D eigenvalue weighted by Crippen LogP contribution is -2.54. The summed E-state index contributed by atoms with van der Waals surface area (Å²) in [5.74, 6) is 1.90. The number of fused-ring (bicyclic) bond motifs is 2. The Kier molecular flexibility index (Phi) is 15.3. The molecule has 2 heterocycles. The van der Waals surface area contributed by atoms with E-state index in [9.17, 15) is 0 Å². The molecule has 2 heteroatoms. The molecule has 2 fully saturated rings. The molecule has 0 aromatic carbocycles. The molecule has 2 saturated heterocycles. The van der Waals surface area contributed by atoms with Gasteiger partial charge in [0, 0.05) is 31.7 Å². The fourth-order valence-electron chi connectivity index (χ4n) is 6.43. The van der Waals surface area contributed by atoms with Crippen molar-refractivity contribution in [3.8, 4) is 0 Å². The van der Waals surface area contributed by atoms with Crippen LogP contribution in [-0.2, 0) is 0 Å². The van der Waals surface area contributed by atoms with Gasteiger partial charge in [-0.2, -0.15) is 0 Å². The summed E-state index contributed by atoms with van der Waals surface area (Å²) in [5, 5.41) is 0. The molecule has 2 bridgehead atoms. The first kappa shape index (κ1) is 28.2.